The molecule has 4 rings (SSSR count). The summed E-state index contributed by atoms with van der Waals surface area (Å²) in [5.74, 6) is -0.111. The Balaban J connectivity index is 1.66. The van der Waals surface area contributed by atoms with E-state index in [0.717, 1.165) is 22.3 Å². The second kappa shape index (κ2) is 6.02. The molecule has 0 bridgehead atoms. The summed E-state index contributed by atoms with van der Waals surface area (Å²) in [5, 5.41) is 4.59. The highest BCUT2D eigenvalue weighted by Gasteiger charge is 2.24. The van der Waals surface area contributed by atoms with Crippen LogP contribution in [0.25, 0.3) is 17.0 Å². The van der Waals surface area contributed by atoms with Gasteiger partial charge in [-0.3, -0.25) is 4.79 Å². The van der Waals surface area contributed by atoms with Crippen molar-refractivity contribution in [3.63, 3.8) is 0 Å². The highest BCUT2D eigenvalue weighted by atomic mass is 32.2. The van der Waals surface area contributed by atoms with Crippen LogP contribution in [0.2, 0.25) is 0 Å². The Bertz CT molecular complexity index is 986. The Hall–Kier alpha value is -2.79. The Labute approximate surface area is 143 Å². The summed E-state index contributed by atoms with van der Waals surface area (Å²) in [7, 11) is 2.01. The molecular formula is C19H15N3OS. The maximum Gasteiger partial charge on any atom is 0.264 e. The fourth-order valence-electron chi connectivity index (χ4n) is 2.68. The molecule has 2 aromatic carbocycles. The van der Waals surface area contributed by atoms with E-state index in [1.807, 2.05) is 55.6 Å². The van der Waals surface area contributed by atoms with Gasteiger partial charge in [0.1, 0.15) is 0 Å². The number of aliphatic imine (C=N–C) groups is 1. The summed E-state index contributed by atoms with van der Waals surface area (Å²) in [6.45, 7) is 0. The third kappa shape index (κ3) is 2.74. The molecule has 2 heterocycles. The maximum absolute atomic E-state index is 12.2. The molecule has 0 atom stereocenters. The van der Waals surface area contributed by atoms with Gasteiger partial charge in [0.25, 0.3) is 5.91 Å². The number of amides is 1. The van der Waals surface area contributed by atoms with E-state index >= 15 is 0 Å². The minimum Gasteiger partial charge on any atom is -0.344 e. The number of para-hydroxylation sites is 2. The minimum atomic E-state index is -0.111. The Kier molecular flexibility index (Phi) is 3.70. The monoisotopic (exact) mass is 333 g/mol. The van der Waals surface area contributed by atoms with Crippen molar-refractivity contribution in [2.45, 2.75) is 0 Å². The first kappa shape index (κ1) is 14.8. The van der Waals surface area contributed by atoms with E-state index in [2.05, 4.69) is 33.1 Å². The van der Waals surface area contributed by atoms with Gasteiger partial charge in [0, 0.05) is 23.6 Å². The molecule has 1 N–H and O–H groups in total. The van der Waals surface area contributed by atoms with E-state index in [4.69, 9.17) is 0 Å². The van der Waals surface area contributed by atoms with Gasteiger partial charge in [0.15, 0.2) is 5.17 Å². The van der Waals surface area contributed by atoms with Gasteiger partial charge >= 0.3 is 0 Å². The van der Waals surface area contributed by atoms with Crippen LogP contribution in [0.5, 0.6) is 0 Å². The number of aromatic nitrogens is 1. The molecule has 0 spiro atoms. The molecule has 1 fully saturated rings. The van der Waals surface area contributed by atoms with Gasteiger partial charge in [-0.25, -0.2) is 4.99 Å². The number of carbonyl (C=O) groups excluding carboxylic acids is 1. The number of fused-ring (bicyclic) bond motifs is 1. The van der Waals surface area contributed by atoms with E-state index in [9.17, 15) is 4.79 Å². The first-order valence-electron chi connectivity index (χ1n) is 7.60. The van der Waals surface area contributed by atoms with Crippen LogP contribution in [-0.4, -0.2) is 15.6 Å². The number of carbonyl (C=O) groups is 1. The molecule has 0 saturated carbocycles. The number of rotatable bonds is 2. The lowest BCUT2D eigenvalue weighted by Crippen LogP contribution is -2.19. The van der Waals surface area contributed by atoms with Crippen molar-refractivity contribution in [1.82, 2.24) is 9.88 Å². The SMILES string of the molecule is Cn1c(C=C2SC(=Nc3ccccc3)NC2=O)cc2ccccc21. The van der Waals surface area contributed by atoms with Crippen molar-refractivity contribution in [3.8, 4) is 0 Å². The molecule has 5 heteroatoms. The first-order valence-corrected chi connectivity index (χ1v) is 8.41. The number of nitrogens with one attached hydrogen (secondary N) is 1. The Morgan fingerprint density at radius 3 is 2.62 bits per heavy atom. The topological polar surface area (TPSA) is 46.4 Å². The lowest BCUT2D eigenvalue weighted by atomic mass is 10.2. The molecule has 3 aromatic rings. The van der Waals surface area contributed by atoms with Gasteiger partial charge in [-0.1, -0.05) is 36.4 Å². The number of nitrogens with zero attached hydrogens (tertiary/aromatic N) is 2. The molecular weight excluding hydrogens is 318 g/mol. The van der Waals surface area contributed by atoms with E-state index in [1.165, 1.54) is 11.8 Å². The zero-order chi connectivity index (χ0) is 16.5. The molecule has 1 aliphatic rings. The van der Waals surface area contributed by atoms with Crippen molar-refractivity contribution >= 4 is 45.5 Å². The van der Waals surface area contributed by atoms with Crippen LogP contribution in [-0.2, 0) is 11.8 Å². The first-order chi connectivity index (χ1) is 11.7. The van der Waals surface area contributed by atoms with Crippen LogP contribution in [0.3, 0.4) is 0 Å². The van der Waals surface area contributed by atoms with E-state index < -0.39 is 0 Å². The summed E-state index contributed by atoms with van der Waals surface area (Å²) in [6, 6.07) is 19.9. The highest BCUT2D eigenvalue weighted by Crippen LogP contribution is 2.29. The smallest absolute Gasteiger partial charge is 0.264 e. The predicted octanol–water partition coefficient (Wildman–Crippen LogP) is 4.07. The van der Waals surface area contributed by atoms with Gasteiger partial charge in [-0.05, 0) is 42.1 Å². The molecule has 1 amide bonds. The van der Waals surface area contributed by atoms with Gasteiger partial charge in [0.2, 0.25) is 0 Å². The number of amidine groups is 1. The predicted molar refractivity (Wildman–Crippen MR) is 100 cm³/mol. The number of benzene rings is 2. The number of aryl methyl sites for hydroxylation is 1. The quantitative estimate of drug-likeness (QED) is 0.719. The van der Waals surface area contributed by atoms with Gasteiger partial charge in [0.05, 0.1) is 10.6 Å². The minimum absolute atomic E-state index is 0.111. The molecule has 0 radical (unpaired) electrons. The molecule has 1 aliphatic heterocycles. The molecule has 0 unspecified atom stereocenters. The Morgan fingerprint density at radius 2 is 1.83 bits per heavy atom. The van der Waals surface area contributed by atoms with Crippen LogP contribution >= 0.6 is 11.8 Å². The summed E-state index contributed by atoms with van der Waals surface area (Å²) < 4.78 is 2.09. The number of thioether (sulfide) groups is 1. The Morgan fingerprint density at radius 1 is 1.08 bits per heavy atom. The second-order valence-corrected chi connectivity index (χ2v) is 6.53. The van der Waals surface area contributed by atoms with Crippen LogP contribution in [0.15, 0.2) is 70.6 Å². The molecule has 118 valence electrons. The van der Waals surface area contributed by atoms with Crippen molar-refractivity contribution in [1.29, 1.82) is 0 Å². The lowest BCUT2D eigenvalue weighted by Gasteiger charge is -1.99. The fraction of sp³-hybridized carbons (Fsp3) is 0.0526. The molecule has 4 nitrogen and oxygen atoms in total. The summed E-state index contributed by atoms with van der Waals surface area (Å²) in [6.07, 6.45) is 1.91. The zero-order valence-corrected chi connectivity index (χ0v) is 13.9. The summed E-state index contributed by atoms with van der Waals surface area (Å²) >= 11 is 1.36. The fourth-order valence-corrected chi connectivity index (χ4v) is 3.51. The van der Waals surface area contributed by atoms with Crippen LogP contribution in [0.1, 0.15) is 5.69 Å². The van der Waals surface area contributed by atoms with E-state index in [-0.39, 0.29) is 5.91 Å². The number of hydrogen-bond acceptors (Lipinski definition) is 3. The normalized spacial score (nSPS) is 17.8. The van der Waals surface area contributed by atoms with Crippen molar-refractivity contribution in [3.05, 3.63) is 71.3 Å². The average Bonchev–Trinajstić information content (AvgIpc) is 3.09. The zero-order valence-electron chi connectivity index (χ0n) is 13.1. The molecule has 1 saturated heterocycles. The summed E-state index contributed by atoms with van der Waals surface area (Å²) in [5.41, 5.74) is 2.96. The average molecular weight is 333 g/mol. The lowest BCUT2D eigenvalue weighted by molar-refractivity contribution is -0.115. The van der Waals surface area contributed by atoms with Crippen molar-refractivity contribution < 1.29 is 4.79 Å². The molecule has 0 aliphatic carbocycles. The summed E-state index contributed by atoms with van der Waals surface area (Å²) in [4.78, 5) is 17.3. The second-order valence-electron chi connectivity index (χ2n) is 5.50. The molecule has 24 heavy (non-hydrogen) atoms. The van der Waals surface area contributed by atoms with E-state index in [0.29, 0.717) is 10.1 Å². The highest BCUT2D eigenvalue weighted by molar-refractivity contribution is 8.18. The third-order valence-corrected chi connectivity index (χ3v) is 4.82. The third-order valence-electron chi connectivity index (χ3n) is 3.91. The maximum atomic E-state index is 12.2. The standard InChI is InChI=1S/C19H15N3OS/c1-22-15(11-13-7-5-6-10-16(13)22)12-17-18(23)21-19(24-17)20-14-8-3-2-4-9-14/h2-12H,1H3,(H,20,21,23). The van der Waals surface area contributed by atoms with E-state index in [1.54, 1.807) is 0 Å². The number of hydrogen-bond donors (Lipinski definition) is 1. The van der Waals surface area contributed by atoms with Crippen LogP contribution in [0, 0.1) is 0 Å². The van der Waals surface area contributed by atoms with Gasteiger partial charge in [-0.15, -0.1) is 0 Å². The van der Waals surface area contributed by atoms with Crippen LogP contribution < -0.4 is 5.32 Å². The van der Waals surface area contributed by atoms with Crippen molar-refractivity contribution in [2.75, 3.05) is 0 Å². The van der Waals surface area contributed by atoms with Gasteiger partial charge < -0.3 is 9.88 Å². The largest absolute Gasteiger partial charge is 0.344 e. The van der Waals surface area contributed by atoms with Crippen molar-refractivity contribution in [2.24, 2.45) is 12.0 Å². The molecule has 1 aromatic heterocycles. The van der Waals surface area contributed by atoms with Crippen LogP contribution in [0.4, 0.5) is 5.69 Å². The van der Waals surface area contributed by atoms with Gasteiger partial charge in [-0.2, -0.15) is 0 Å².